The van der Waals surface area contributed by atoms with Gasteiger partial charge in [-0.25, -0.2) is 0 Å². The van der Waals surface area contributed by atoms with E-state index in [2.05, 4.69) is 157 Å². The molecule has 3 unspecified atom stereocenters. The molecule has 3 atom stereocenters. The van der Waals surface area contributed by atoms with Gasteiger partial charge in [0.15, 0.2) is 0 Å². The predicted molar refractivity (Wildman–Crippen MR) is 190 cm³/mol. The van der Waals surface area contributed by atoms with E-state index >= 15 is 0 Å². The van der Waals surface area contributed by atoms with E-state index in [1.807, 2.05) is 0 Å². The molecule has 0 heteroatoms. The first-order valence-corrected chi connectivity index (χ1v) is 16.5. The summed E-state index contributed by atoms with van der Waals surface area (Å²) in [4.78, 5) is 0. The molecule has 0 saturated carbocycles. The van der Waals surface area contributed by atoms with E-state index in [0.717, 1.165) is 0 Å². The Labute approximate surface area is 262 Å². The van der Waals surface area contributed by atoms with Crippen LogP contribution >= 0.6 is 0 Å². The van der Waals surface area contributed by atoms with Crippen molar-refractivity contribution in [3.05, 3.63) is 143 Å². The number of rotatable bonds is 5. The van der Waals surface area contributed by atoms with Gasteiger partial charge in [0.1, 0.15) is 0 Å². The smallest absolute Gasteiger partial charge is 0.0146 e. The first-order chi connectivity index (χ1) is 21.2. The average molecular weight is 571 g/mol. The van der Waals surface area contributed by atoms with Gasteiger partial charge in [-0.05, 0) is 94.9 Å². The summed E-state index contributed by atoms with van der Waals surface area (Å²) in [5.74, 6) is 1.62. The van der Waals surface area contributed by atoms with Crippen LogP contribution in [0.2, 0.25) is 0 Å². The summed E-state index contributed by atoms with van der Waals surface area (Å²) in [6.07, 6.45) is 8.68. The first kappa shape index (κ1) is 27.4. The first-order valence-electron chi connectivity index (χ1n) is 16.5. The number of hydrogen-bond acceptors (Lipinski definition) is 0. The molecular formula is C44H42. The Balaban J connectivity index is 1.15. The highest BCUT2D eigenvalue weighted by Crippen LogP contribution is 2.55. The van der Waals surface area contributed by atoms with Gasteiger partial charge in [-0.15, -0.1) is 0 Å². The van der Waals surface area contributed by atoms with Crippen molar-refractivity contribution in [3.8, 4) is 11.1 Å². The topological polar surface area (TPSA) is 0 Å². The summed E-state index contributed by atoms with van der Waals surface area (Å²) in [5.41, 5.74) is 9.88. The third-order valence-electron chi connectivity index (χ3n) is 11.5. The Morgan fingerprint density at radius 3 is 2.14 bits per heavy atom. The fourth-order valence-electron chi connectivity index (χ4n) is 8.41. The highest BCUT2D eigenvalue weighted by atomic mass is 14.5. The third kappa shape index (κ3) is 3.89. The minimum Gasteiger partial charge on any atom is -0.0761 e. The van der Waals surface area contributed by atoms with Crippen molar-refractivity contribution in [2.75, 3.05) is 0 Å². The molecule has 44 heavy (non-hydrogen) atoms. The van der Waals surface area contributed by atoms with E-state index in [1.165, 1.54) is 77.7 Å². The average Bonchev–Trinajstić information content (AvgIpc) is 3.28. The van der Waals surface area contributed by atoms with Crippen molar-refractivity contribution in [2.24, 2.45) is 11.8 Å². The molecule has 0 spiro atoms. The molecule has 0 aliphatic heterocycles. The molecule has 218 valence electrons. The Bertz CT molecular complexity index is 2100. The summed E-state index contributed by atoms with van der Waals surface area (Å²) in [6, 6.07) is 37.1. The molecule has 0 radical (unpaired) electrons. The van der Waals surface area contributed by atoms with Crippen LogP contribution in [-0.4, -0.2) is 0 Å². The van der Waals surface area contributed by atoms with Gasteiger partial charge in [0.25, 0.3) is 0 Å². The van der Waals surface area contributed by atoms with E-state index in [-0.39, 0.29) is 10.8 Å². The molecule has 0 amide bonds. The van der Waals surface area contributed by atoms with Crippen molar-refractivity contribution in [1.82, 2.24) is 0 Å². The quantitative estimate of drug-likeness (QED) is 0.181. The van der Waals surface area contributed by atoms with Crippen molar-refractivity contribution < 1.29 is 0 Å². The minimum absolute atomic E-state index is 0.104. The molecule has 2 aliphatic rings. The summed E-state index contributed by atoms with van der Waals surface area (Å²) in [7, 11) is 0. The molecule has 0 heterocycles. The lowest BCUT2D eigenvalue weighted by atomic mass is 9.71. The molecule has 6 aromatic rings. The fourth-order valence-corrected chi connectivity index (χ4v) is 8.41. The molecule has 0 nitrogen and oxygen atoms in total. The van der Waals surface area contributed by atoms with Crippen molar-refractivity contribution in [1.29, 1.82) is 0 Å². The van der Waals surface area contributed by atoms with Crippen LogP contribution in [0, 0.1) is 11.8 Å². The number of fused-ring (bicyclic) bond motifs is 3. The lowest BCUT2D eigenvalue weighted by Crippen LogP contribution is -2.26. The van der Waals surface area contributed by atoms with Crippen LogP contribution in [0.4, 0.5) is 0 Å². The van der Waals surface area contributed by atoms with E-state index in [9.17, 15) is 0 Å². The highest BCUT2D eigenvalue weighted by Gasteiger charge is 2.45. The maximum absolute atomic E-state index is 2.60. The maximum atomic E-state index is 2.60. The van der Waals surface area contributed by atoms with Gasteiger partial charge in [-0.1, -0.05) is 157 Å². The van der Waals surface area contributed by atoms with Gasteiger partial charge in [0, 0.05) is 11.3 Å². The summed E-state index contributed by atoms with van der Waals surface area (Å²) in [6.45, 7) is 14.4. The zero-order valence-electron chi connectivity index (χ0n) is 26.9. The normalized spacial score (nSPS) is 19.8. The monoisotopic (exact) mass is 570 g/mol. The van der Waals surface area contributed by atoms with Crippen LogP contribution in [0.25, 0.3) is 43.4 Å². The molecule has 0 bridgehead atoms. The zero-order valence-corrected chi connectivity index (χ0v) is 26.9. The Morgan fingerprint density at radius 2 is 1.41 bits per heavy atom. The molecule has 0 N–H and O–H groups in total. The minimum atomic E-state index is -0.104. The molecule has 6 aromatic carbocycles. The van der Waals surface area contributed by atoms with Crippen LogP contribution in [-0.2, 0) is 10.8 Å². The van der Waals surface area contributed by atoms with Crippen LogP contribution in [0.1, 0.15) is 76.1 Å². The van der Waals surface area contributed by atoms with Crippen molar-refractivity contribution in [2.45, 2.75) is 64.7 Å². The maximum Gasteiger partial charge on any atom is 0.0146 e. The summed E-state index contributed by atoms with van der Waals surface area (Å²) < 4.78 is 0. The van der Waals surface area contributed by atoms with Gasteiger partial charge in [0.05, 0.1) is 0 Å². The predicted octanol–water partition coefficient (Wildman–Crippen LogP) is 12.1. The van der Waals surface area contributed by atoms with Crippen LogP contribution < -0.4 is 0 Å². The Kier molecular flexibility index (Phi) is 6.02. The number of benzene rings is 6. The van der Waals surface area contributed by atoms with Crippen LogP contribution in [0.3, 0.4) is 0 Å². The Morgan fingerprint density at radius 1 is 0.750 bits per heavy atom. The second-order valence-corrected chi connectivity index (χ2v) is 14.6. The van der Waals surface area contributed by atoms with E-state index in [0.29, 0.717) is 17.8 Å². The molecule has 0 fully saturated rings. The summed E-state index contributed by atoms with van der Waals surface area (Å²) >= 11 is 0. The number of allylic oxidation sites excluding steroid dienone is 4. The van der Waals surface area contributed by atoms with Crippen LogP contribution in [0.15, 0.2) is 121 Å². The van der Waals surface area contributed by atoms with E-state index in [1.54, 1.807) is 0 Å². The molecule has 0 aromatic heterocycles. The largest absolute Gasteiger partial charge is 0.0761 e. The van der Waals surface area contributed by atoms with Gasteiger partial charge < -0.3 is 0 Å². The van der Waals surface area contributed by atoms with Gasteiger partial charge in [-0.3, -0.25) is 0 Å². The summed E-state index contributed by atoms with van der Waals surface area (Å²) in [5, 5.41) is 8.03. The SMILES string of the molecule is CCC(C)C1=CC2C(C=C1)c1ccc(C(C)(C)c3ccc(-c4ccc5ccc6cccc7ccc4c5c67)cc3)cc1C2(C)C. The molecule has 2 aliphatic carbocycles. The lowest BCUT2D eigenvalue weighted by molar-refractivity contribution is 0.388. The van der Waals surface area contributed by atoms with Crippen molar-refractivity contribution in [3.63, 3.8) is 0 Å². The van der Waals surface area contributed by atoms with Gasteiger partial charge in [0.2, 0.25) is 0 Å². The fraction of sp³-hybridized carbons (Fsp3) is 0.273. The second-order valence-electron chi connectivity index (χ2n) is 14.6. The zero-order chi connectivity index (χ0) is 30.4. The van der Waals surface area contributed by atoms with Crippen molar-refractivity contribution >= 4 is 32.3 Å². The molecule has 8 rings (SSSR count). The van der Waals surface area contributed by atoms with Crippen LogP contribution in [0.5, 0.6) is 0 Å². The van der Waals surface area contributed by atoms with Gasteiger partial charge in [-0.2, -0.15) is 0 Å². The molecule has 0 saturated heterocycles. The third-order valence-corrected chi connectivity index (χ3v) is 11.5. The van der Waals surface area contributed by atoms with Gasteiger partial charge >= 0.3 is 0 Å². The highest BCUT2D eigenvalue weighted by molar-refractivity contribution is 6.25. The standard InChI is InChI=1S/C44H42/c1-7-27(2)32-17-22-36-37-24-20-34(26-40(37)44(5,6)39(36)25-32)43(3,4)33-18-13-28(14-19-33)35-21-15-31-12-11-29-9-8-10-30-16-23-38(35)42(31)41(29)30/h8-27,36,39H,7H2,1-6H3. The van der Waals surface area contributed by atoms with E-state index < -0.39 is 0 Å². The molecular weight excluding hydrogens is 528 g/mol. The lowest BCUT2D eigenvalue weighted by Gasteiger charge is -2.32. The van der Waals surface area contributed by atoms with E-state index in [4.69, 9.17) is 0 Å². The number of hydrogen-bond donors (Lipinski definition) is 0. The Hall–Kier alpha value is -4.16. The second kappa shape index (κ2) is 9.67.